The lowest BCUT2D eigenvalue weighted by atomic mass is 9.98. The van der Waals surface area contributed by atoms with E-state index in [1.807, 2.05) is 42.5 Å². The molecule has 3 aromatic rings. The smallest absolute Gasteiger partial charge is 0.243 e. The Morgan fingerprint density at radius 1 is 0.914 bits per heavy atom. The molecule has 0 aliphatic carbocycles. The van der Waals surface area contributed by atoms with E-state index in [0.717, 1.165) is 30.5 Å². The molecule has 8 heteroatoms. The van der Waals surface area contributed by atoms with Crippen molar-refractivity contribution >= 4 is 10.0 Å². The van der Waals surface area contributed by atoms with Crippen molar-refractivity contribution in [3.05, 3.63) is 78.9 Å². The molecule has 1 saturated heterocycles. The molecule has 0 spiro atoms. The van der Waals surface area contributed by atoms with Crippen LogP contribution in [0.3, 0.4) is 0 Å². The molecule has 186 valence electrons. The average molecular weight is 497 g/mol. The second kappa shape index (κ2) is 11.7. The molecule has 7 nitrogen and oxygen atoms in total. The zero-order valence-corrected chi connectivity index (χ0v) is 20.4. The molecule has 35 heavy (non-hydrogen) atoms. The van der Waals surface area contributed by atoms with Crippen LogP contribution in [-0.4, -0.2) is 61.8 Å². The molecule has 0 saturated carbocycles. The lowest BCUT2D eigenvalue weighted by molar-refractivity contribution is 0.104. The average Bonchev–Trinajstić information content (AvgIpc) is 2.89. The number of hydrogen-bond acceptors (Lipinski definition) is 6. The maximum atomic E-state index is 13.1. The molecule has 3 N–H and O–H groups in total. The Morgan fingerprint density at radius 2 is 1.54 bits per heavy atom. The minimum absolute atomic E-state index is 0.150. The predicted octanol–water partition coefficient (Wildman–Crippen LogP) is 3.49. The van der Waals surface area contributed by atoms with Crippen LogP contribution in [0.2, 0.25) is 0 Å². The Labute approximate surface area is 207 Å². The van der Waals surface area contributed by atoms with Crippen molar-refractivity contribution in [1.29, 1.82) is 0 Å². The monoisotopic (exact) mass is 496 g/mol. The van der Waals surface area contributed by atoms with Gasteiger partial charge in [-0.15, -0.1) is 0 Å². The van der Waals surface area contributed by atoms with Crippen molar-refractivity contribution in [1.82, 2.24) is 9.62 Å². The van der Waals surface area contributed by atoms with Crippen LogP contribution >= 0.6 is 0 Å². The normalized spacial score (nSPS) is 16.1. The molecule has 0 aromatic heterocycles. The molecule has 0 bridgehead atoms. The minimum atomic E-state index is -3.51. The van der Waals surface area contributed by atoms with Gasteiger partial charge in [0.1, 0.15) is 24.2 Å². The fourth-order valence-electron chi connectivity index (χ4n) is 4.20. The van der Waals surface area contributed by atoms with E-state index in [1.165, 1.54) is 12.1 Å². The first-order valence-electron chi connectivity index (χ1n) is 11.9. The van der Waals surface area contributed by atoms with Gasteiger partial charge in [0.05, 0.1) is 4.90 Å². The summed E-state index contributed by atoms with van der Waals surface area (Å²) in [5, 5.41) is 22.7. The van der Waals surface area contributed by atoms with Crippen LogP contribution in [0, 0.1) is 5.92 Å². The third kappa shape index (κ3) is 6.82. The zero-order chi connectivity index (χ0) is 24.7. The van der Waals surface area contributed by atoms with Gasteiger partial charge in [-0.2, -0.15) is 4.31 Å². The number of aliphatic hydroxyl groups is 1. The van der Waals surface area contributed by atoms with E-state index < -0.39 is 16.1 Å². The summed E-state index contributed by atoms with van der Waals surface area (Å²) >= 11 is 0. The number of hydrogen-bond donors (Lipinski definition) is 3. The van der Waals surface area contributed by atoms with Crippen molar-refractivity contribution in [3.63, 3.8) is 0 Å². The van der Waals surface area contributed by atoms with E-state index in [2.05, 4.69) is 5.32 Å². The molecule has 0 radical (unpaired) electrons. The lowest BCUT2D eigenvalue weighted by Crippen LogP contribution is -2.42. The van der Waals surface area contributed by atoms with Crippen LogP contribution in [0.4, 0.5) is 0 Å². The van der Waals surface area contributed by atoms with Crippen molar-refractivity contribution in [2.75, 3.05) is 32.8 Å². The molecule has 0 amide bonds. The van der Waals surface area contributed by atoms with Crippen molar-refractivity contribution < 1.29 is 23.4 Å². The van der Waals surface area contributed by atoms with Crippen LogP contribution in [0.1, 0.15) is 12.8 Å². The highest BCUT2D eigenvalue weighted by Crippen LogP contribution is 2.26. The highest BCUT2D eigenvalue weighted by atomic mass is 32.2. The van der Waals surface area contributed by atoms with Gasteiger partial charge in [-0.3, -0.25) is 0 Å². The number of rotatable bonds is 10. The highest BCUT2D eigenvalue weighted by Gasteiger charge is 2.29. The Kier molecular flexibility index (Phi) is 8.41. The van der Waals surface area contributed by atoms with E-state index in [4.69, 9.17) is 4.74 Å². The summed E-state index contributed by atoms with van der Waals surface area (Å²) in [6, 6.07) is 23.3. The standard InChI is InChI=1S/C27H32N2O5S/c30-24-8-10-26(11-9-24)34-20-25(31)19-28-18-21-14-16-29(17-15-21)35(32,33)27-12-6-23(7-13-27)22-4-2-1-3-5-22/h1-13,21,25,28,30-31H,14-20H2/t25-/m0/s1. The van der Waals surface area contributed by atoms with Crippen LogP contribution in [-0.2, 0) is 10.0 Å². The maximum absolute atomic E-state index is 13.1. The SMILES string of the molecule is O=S(=O)(c1ccc(-c2ccccc2)cc1)N1CCC(CNC[C@H](O)COc2ccc(O)cc2)CC1. The Morgan fingerprint density at radius 3 is 2.20 bits per heavy atom. The molecule has 1 aliphatic rings. The summed E-state index contributed by atoms with van der Waals surface area (Å²) in [7, 11) is -3.51. The Bertz CT molecular complexity index is 1160. The first kappa shape index (κ1) is 25.2. The predicted molar refractivity (Wildman–Crippen MR) is 136 cm³/mol. The molecule has 3 aromatic carbocycles. The van der Waals surface area contributed by atoms with Crippen LogP contribution in [0.15, 0.2) is 83.8 Å². The van der Waals surface area contributed by atoms with Gasteiger partial charge in [-0.05, 0) is 72.8 Å². The second-order valence-electron chi connectivity index (χ2n) is 8.85. The molecular weight excluding hydrogens is 464 g/mol. The molecule has 1 aliphatic heterocycles. The van der Waals surface area contributed by atoms with E-state index in [-0.39, 0.29) is 12.4 Å². The van der Waals surface area contributed by atoms with Gasteiger partial charge in [0, 0.05) is 19.6 Å². The first-order valence-corrected chi connectivity index (χ1v) is 13.3. The minimum Gasteiger partial charge on any atom is -0.508 e. The van der Waals surface area contributed by atoms with Crippen LogP contribution < -0.4 is 10.1 Å². The number of aliphatic hydroxyl groups excluding tert-OH is 1. The number of aromatic hydroxyl groups is 1. The summed E-state index contributed by atoms with van der Waals surface area (Å²) in [6.45, 7) is 2.24. The first-order chi connectivity index (χ1) is 16.9. The highest BCUT2D eigenvalue weighted by molar-refractivity contribution is 7.89. The molecular formula is C27H32N2O5S. The van der Waals surface area contributed by atoms with E-state index in [0.29, 0.717) is 36.2 Å². The van der Waals surface area contributed by atoms with Gasteiger partial charge in [0.2, 0.25) is 10.0 Å². The second-order valence-corrected chi connectivity index (χ2v) is 10.8. The number of nitrogens with zero attached hydrogens (tertiary/aromatic N) is 1. The molecule has 1 heterocycles. The fraction of sp³-hybridized carbons (Fsp3) is 0.333. The van der Waals surface area contributed by atoms with E-state index >= 15 is 0 Å². The maximum Gasteiger partial charge on any atom is 0.243 e. The Hall–Kier alpha value is -2.91. The number of phenols is 1. The largest absolute Gasteiger partial charge is 0.508 e. The number of nitrogens with one attached hydrogen (secondary N) is 1. The molecule has 1 atom stereocenters. The summed E-state index contributed by atoms with van der Waals surface area (Å²) in [5.41, 5.74) is 2.05. The fourth-order valence-corrected chi connectivity index (χ4v) is 5.67. The summed E-state index contributed by atoms with van der Waals surface area (Å²) < 4.78 is 33.3. The number of piperidine rings is 1. The third-order valence-corrected chi connectivity index (χ3v) is 8.18. The number of phenolic OH excluding ortho intramolecular Hbond substituents is 1. The molecule has 4 rings (SSSR count). The van der Waals surface area contributed by atoms with Gasteiger partial charge in [0.25, 0.3) is 0 Å². The number of ether oxygens (including phenoxy) is 1. The van der Waals surface area contributed by atoms with Crippen molar-refractivity contribution in [2.45, 2.75) is 23.8 Å². The van der Waals surface area contributed by atoms with E-state index in [1.54, 1.807) is 28.6 Å². The topological polar surface area (TPSA) is 99.1 Å². The van der Waals surface area contributed by atoms with Gasteiger partial charge in [-0.25, -0.2) is 8.42 Å². The van der Waals surface area contributed by atoms with Gasteiger partial charge >= 0.3 is 0 Å². The van der Waals surface area contributed by atoms with Gasteiger partial charge in [-0.1, -0.05) is 42.5 Å². The quantitative estimate of drug-likeness (QED) is 0.397. The summed E-state index contributed by atoms with van der Waals surface area (Å²) in [4.78, 5) is 0.325. The lowest BCUT2D eigenvalue weighted by Gasteiger charge is -2.31. The molecule has 0 unspecified atom stereocenters. The van der Waals surface area contributed by atoms with Crippen LogP contribution in [0.25, 0.3) is 11.1 Å². The number of sulfonamides is 1. The summed E-state index contributed by atoms with van der Waals surface area (Å²) in [5.74, 6) is 1.11. The van der Waals surface area contributed by atoms with E-state index in [9.17, 15) is 18.6 Å². The van der Waals surface area contributed by atoms with Gasteiger partial charge in [0.15, 0.2) is 0 Å². The zero-order valence-electron chi connectivity index (χ0n) is 19.6. The van der Waals surface area contributed by atoms with Crippen molar-refractivity contribution in [2.24, 2.45) is 5.92 Å². The number of benzene rings is 3. The van der Waals surface area contributed by atoms with Gasteiger partial charge < -0.3 is 20.3 Å². The van der Waals surface area contributed by atoms with Crippen LogP contribution in [0.5, 0.6) is 11.5 Å². The third-order valence-electron chi connectivity index (χ3n) is 6.26. The van der Waals surface area contributed by atoms with Crippen molar-refractivity contribution in [3.8, 4) is 22.6 Å². The Balaban J connectivity index is 1.20. The molecule has 1 fully saturated rings. The summed E-state index contributed by atoms with van der Waals surface area (Å²) in [6.07, 6.45) is 0.881.